The SMILES string of the molecule is Cc1ccc(Cn2c(SCC(=O)c3ccc(NS(C)(=O)=O)cc3)nc3ccccc3c2=O)cc1. The average molecular weight is 494 g/mol. The van der Waals surface area contributed by atoms with Crippen LogP contribution in [0.15, 0.2) is 82.7 Å². The van der Waals surface area contributed by atoms with Crippen LogP contribution in [0.3, 0.4) is 0 Å². The number of thioether (sulfide) groups is 1. The van der Waals surface area contributed by atoms with Gasteiger partial charge in [-0.2, -0.15) is 0 Å². The summed E-state index contributed by atoms with van der Waals surface area (Å²) in [7, 11) is -3.39. The van der Waals surface area contributed by atoms with Crippen molar-refractivity contribution in [3.63, 3.8) is 0 Å². The van der Waals surface area contributed by atoms with Gasteiger partial charge in [0, 0.05) is 11.3 Å². The molecule has 0 saturated heterocycles. The lowest BCUT2D eigenvalue weighted by molar-refractivity contribution is 0.102. The lowest BCUT2D eigenvalue weighted by atomic mass is 10.1. The summed E-state index contributed by atoms with van der Waals surface area (Å²) in [4.78, 5) is 30.7. The van der Waals surface area contributed by atoms with Gasteiger partial charge in [-0.15, -0.1) is 0 Å². The minimum absolute atomic E-state index is 0.0809. The van der Waals surface area contributed by atoms with E-state index in [-0.39, 0.29) is 17.1 Å². The van der Waals surface area contributed by atoms with Gasteiger partial charge >= 0.3 is 0 Å². The zero-order valence-electron chi connectivity index (χ0n) is 18.7. The number of benzene rings is 3. The van der Waals surface area contributed by atoms with E-state index in [9.17, 15) is 18.0 Å². The summed E-state index contributed by atoms with van der Waals surface area (Å²) in [6.45, 7) is 2.35. The predicted octanol–water partition coefficient (Wildman–Crippen LogP) is 4.10. The van der Waals surface area contributed by atoms with Crippen LogP contribution in [0.1, 0.15) is 21.5 Å². The Hall–Kier alpha value is -3.43. The summed E-state index contributed by atoms with van der Waals surface area (Å²) >= 11 is 1.21. The minimum Gasteiger partial charge on any atom is -0.293 e. The molecule has 0 atom stereocenters. The second-order valence-electron chi connectivity index (χ2n) is 7.95. The van der Waals surface area contributed by atoms with Gasteiger partial charge in [-0.1, -0.05) is 53.7 Å². The van der Waals surface area contributed by atoms with Gasteiger partial charge in [0.25, 0.3) is 5.56 Å². The highest BCUT2D eigenvalue weighted by Gasteiger charge is 2.15. The quantitative estimate of drug-likeness (QED) is 0.225. The number of carbonyl (C=O) groups is 1. The molecule has 4 rings (SSSR count). The Balaban J connectivity index is 1.59. The summed E-state index contributed by atoms with van der Waals surface area (Å²) in [5.41, 5.74) is 3.35. The smallest absolute Gasteiger partial charge is 0.262 e. The molecule has 1 heterocycles. The summed E-state index contributed by atoms with van der Waals surface area (Å²) in [6.07, 6.45) is 1.06. The number of aryl methyl sites for hydroxylation is 1. The first kappa shape index (κ1) is 23.7. The van der Waals surface area contributed by atoms with Crippen LogP contribution in [0.2, 0.25) is 0 Å². The normalized spacial score (nSPS) is 11.5. The second kappa shape index (κ2) is 9.82. The second-order valence-corrected chi connectivity index (χ2v) is 10.6. The van der Waals surface area contributed by atoms with Crippen LogP contribution in [0, 0.1) is 6.92 Å². The number of anilines is 1. The zero-order valence-corrected chi connectivity index (χ0v) is 20.3. The topological polar surface area (TPSA) is 98.1 Å². The number of para-hydroxylation sites is 1. The summed E-state index contributed by atoms with van der Waals surface area (Å²) in [5, 5.41) is 0.993. The first-order valence-electron chi connectivity index (χ1n) is 10.5. The monoisotopic (exact) mass is 493 g/mol. The summed E-state index contributed by atoms with van der Waals surface area (Å²) in [6, 6.07) is 21.3. The van der Waals surface area contributed by atoms with Crippen LogP contribution in [0.4, 0.5) is 5.69 Å². The van der Waals surface area contributed by atoms with Gasteiger partial charge in [-0.25, -0.2) is 13.4 Å². The standard InChI is InChI=1S/C25H23N3O4S2/c1-17-7-9-18(10-8-17)15-28-24(30)21-5-3-4-6-22(21)26-25(28)33-16-23(29)19-11-13-20(14-12-19)27-34(2,31)32/h3-14,27H,15-16H2,1-2H3. The highest BCUT2D eigenvalue weighted by molar-refractivity contribution is 7.99. The Labute approximate surface area is 201 Å². The highest BCUT2D eigenvalue weighted by atomic mass is 32.2. The van der Waals surface area contributed by atoms with Crippen LogP contribution in [-0.4, -0.2) is 35.8 Å². The van der Waals surface area contributed by atoms with E-state index in [1.165, 1.54) is 11.8 Å². The molecule has 7 nitrogen and oxygen atoms in total. The molecule has 0 aliphatic carbocycles. The average Bonchev–Trinajstić information content (AvgIpc) is 2.80. The zero-order chi connectivity index (χ0) is 24.3. The van der Waals surface area contributed by atoms with E-state index in [2.05, 4.69) is 9.71 Å². The molecule has 0 aliphatic rings. The molecule has 0 spiro atoms. The van der Waals surface area contributed by atoms with Gasteiger partial charge in [-0.3, -0.25) is 18.9 Å². The fourth-order valence-corrected chi connectivity index (χ4v) is 4.88. The van der Waals surface area contributed by atoms with Crippen LogP contribution in [0.5, 0.6) is 0 Å². The summed E-state index contributed by atoms with van der Waals surface area (Å²) < 4.78 is 26.7. The van der Waals surface area contributed by atoms with Gasteiger partial charge < -0.3 is 0 Å². The third-order valence-electron chi connectivity index (χ3n) is 5.13. The molecule has 4 aromatic rings. The molecule has 0 unspecified atom stereocenters. The van der Waals surface area contributed by atoms with Crippen molar-refractivity contribution in [2.24, 2.45) is 0 Å². The van der Waals surface area contributed by atoms with Gasteiger partial charge in [0.05, 0.1) is 29.5 Å². The molecule has 0 aliphatic heterocycles. The predicted molar refractivity (Wildman–Crippen MR) is 136 cm³/mol. The van der Waals surface area contributed by atoms with Crippen LogP contribution in [-0.2, 0) is 16.6 Å². The lowest BCUT2D eigenvalue weighted by Gasteiger charge is -2.13. The highest BCUT2D eigenvalue weighted by Crippen LogP contribution is 2.21. The van der Waals surface area contributed by atoms with Gasteiger partial charge in [0.2, 0.25) is 10.0 Å². The van der Waals surface area contributed by atoms with E-state index in [0.29, 0.717) is 33.9 Å². The van der Waals surface area contributed by atoms with Crippen molar-refractivity contribution in [3.05, 3.63) is 99.8 Å². The maximum Gasteiger partial charge on any atom is 0.262 e. The van der Waals surface area contributed by atoms with Gasteiger partial charge in [0.1, 0.15) is 0 Å². The maximum atomic E-state index is 13.3. The van der Waals surface area contributed by atoms with Crippen molar-refractivity contribution in [2.45, 2.75) is 18.6 Å². The molecule has 34 heavy (non-hydrogen) atoms. The van der Waals surface area contributed by atoms with Crippen molar-refractivity contribution in [3.8, 4) is 0 Å². The number of Topliss-reactive ketones (excluding diaryl/α,β-unsaturated/α-hetero) is 1. The van der Waals surface area contributed by atoms with E-state index in [4.69, 9.17) is 0 Å². The van der Waals surface area contributed by atoms with Crippen LogP contribution in [0.25, 0.3) is 10.9 Å². The Morgan fingerprint density at radius 1 is 1.00 bits per heavy atom. The third-order valence-corrected chi connectivity index (χ3v) is 6.71. The first-order valence-corrected chi connectivity index (χ1v) is 13.4. The van der Waals surface area contributed by atoms with Gasteiger partial charge in [-0.05, 0) is 48.9 Å². The van der Waals surface area contributed by atoms with Crippen molar-refractivity contribution in [2.75, 3.05) is 16.7 Å². The van der Waals surface area contributed by atoms with E-state index in [1.54, 1.807) is 47.0 Å². The Morgan fingerprint density at radius 3 is 2.35 bits per heavy atom. The van der Waals surface area contributed by atoms with E-state index >= 15 is 0 Å². The molecule has 0 fully saturated rings. The number of aromatic nitrogens is 2. The van der Waals surface area contributed by atoms with Gasteiger partial charge in [0.15, 0.2) is 10.9 Å². The fraction of sp³-hybridized carbons (Fsp3) is 0.160. The van der Waals surface area contributed by atoms with Crippen LogP contribution >= 0.6 is 11.8 Å². The van der Waals surface area contributed by atoms with E-state index < -0.39 is 10.0 Å². The third kappa shape index (κ3) is 5.73. The van der Waals surface area contributed by atoms with E-state index in [0.717, 1.165) is 17.4 Å². The van der Waals surface area contributed by atoms with Crippen molar-refractivity contribution in [1.82, 2.24) is 9.55 Å². The number of hydrogen-bond acceptors (Lipinski definition) is 6. The molecule has 0 saturated carbocycles. The number of nitrogens with one attached hydrogen (secondary N) is 1. The number of fused-ring (bicyclic) bond motifs is 1. The number of ketones is 1. The lowest BCUT2D eigenvalue weighted by Crippen LogP contribution is -2.24. The van der Waals surface area contributed by atoms with Crippen LogP contribution < -0.4 is 10.3 Å². The largest absolute Gasteiger partial charge is 0.293 e. The molecule has 9 heteroatoms. The van der Waals surface area contributed by atoms with Crippen molar-refractivity contribution < 1.29 is 13.2 Å². The molecule has 1 N–H and O–H groups in total. The molecule has 174 valence electrons. The number of sulfonamides is 1. The Bertz CT molecular complexity index is 1510. The molecule has 0 bridgehead atoms. The molecule has 0 radical (unpaired) electrons. The fourth-order valence-electron chi connectivity index (χ4n) is 3.43. The molecule has 3 aromatic carbocycles. The Kier molecular flexibility index (Phi) is 6.85. The number of carbonyl (C=O) groups excluding carboxylic acids is 1. The molecule has 0 amide bonds. The molecular weight excluding hydrogens is 470 g/mol. The number of nitrogens with zero attached hydrogens (tertiary/aromatic N) is 2. The van der Waals surface area contributed by atoms with E-state index in [1.807, 2.05) is 37.3 Å². The molecule has 1 aromatic heterocycles. The van der Waals surface area contributed by atoms with Crippen molar-refractivity contribution >= 4 is 44.2 Å². The summed E-state index contributed by atoms with van der Waals surface area (Å²) in [5.74, 6) is -0.0717. The molecular formula is C25H23N3O4S2. The Morgan fingerprint density at radius 2 is 1.68 bits per heavy atom. The maximum absolute atomic E-state index is 13.3. The number of hydrogen-bond donors (Lipinski definition) is 1. The first-order chi connectivity index (χ1) is 16.2. The van der Waals surface area contributed by atoms with Crippen molar-refractivity contribution in [1.29, 1.82) is 0 Å². The minimum atomic E-state index is -3.39. The number of rotatable bonds is 8.